The normalized spacial score (nSPS) is 16.5. The number of amides is 1. The second kappa shape index (κ2) is 10.0. The van der Waals surface area contributed by atoms with E-state index < -0.39 is 0 Å². The minimum absolute atomic E-state index is 0.0752. The predicted molar refractivity (Wildman–Crippen MR) is 147 cm³/mol. The average molecular weight is 566 g/mol. The molecule has 2 aromatic heterocycles. The molecule has 1 saturated heterocycles. The lowest BCUT2D eigenvalue weighted by molar-refractivity contribution is -0.121. The van der Waals surface area contributed by atoms with Gasteiger partial charge in [-0.05, 0) is 70.3 Å². The molecule has 8 heteroatoms. The smallest absolute Gasteiger partial charge is 0.224 e. The number of aromatic amines is 1. The van der Waals surface area contributed by atoms with Crippen LogP contribution >= 0.6 is 20.7 Å². The molecule has 5 rings (SSSR count). The lowest BCUT2D eigenvalue weighted by atomic mass is 9.94. The fourth-order valence-corrected chi connectivity index (χ4v) is 6.11. The topological polar surface area (TPSA) is 120 Å². The van der Waals surface area contributed by atoms with Crippen LogP contribution in [0, 0.1) is 11.3 Å². The van der Waals surface area contributed by atoms with Gasteiger partial charge in [0.2, 0.25) is 5.91 Å². The number of piperidine rings is 1. The highest BCUT2D eigenvalue weighted by Gasteiger charge is 2.18. The van der Waals surface area contributed by atoms with E-state index >= 15 is 0 Å². The zero-order valence-corrected chi connectivity index (χ0v) is 20.9. The Kier molecular flexibility index (Phi) is 6.68. The first-order valence-electron chi connectivity index (χ1n) is 11.4. The summed E-state index contributed by atoms with van der Waals surface area (Å²) in [5.41, 5.74) is 11.6. The van der Waals surface area contributed by atoms with Crippen molar-refractivity contribution in [2.24, 2.45) is 5.92 Å². The summed E-state index contributed by atoms with van der Waals surface area (Å²) in [6, 6.07) is 13.6. The van der Waals surface area contributed by atoms with Gasteiger partial charge >= 0.3 is 0 Å². The van der Waals surface area contributed by atoms with E-state index in [0.717, 1.165) is 53.8 Å². The Balaban J connectivity index is 1.34. The second-order valence-corrected chi connectivity index (χ2v) is 10.6. The van der Waals surface area contributed by atoms with Crippen LogP contribution in [-0.4, -0.2) is 38.7 Å². The molecule has 0 aliphatic carbocycles. The van der Waals surface area contributed by atoms with Crippen molar-refractivity contribution in [1.82, 2.24) is 20.6 Å². The first-order chi connectivity index (χ1) is 16.6. The van der Waals surface area contributed by atoms with Crippen molar-refractivity contribution in [3.63, 3.8) is 0 Å². The number of para-hydroxylation sites is 1. The minimum atomic E-state index is -0.348. The van der Waals surface area contributed by atoms with Crippen LogP contribution in [0.3, 0.4) is 0 Å². The van der Waals surface area contributed by atoms with Crippen molar-refractivity contribution in [2.75, 3.05) is 18.8 Å². The van der Waals surface area contributed by atoms with Crippen LogP contribution < -0.4 is 16.4 Å². The molecule has 1 amide bonds. The van der Waals surface area contributed by atoms with Crippen molar-refractivity contribution < 1.29 is 4.79 Å². The van der Waals surface area contributed by atoms with E-state index in [-0.39, 0.29) is 32.3 Å². The molecule has 6 N–H and O–H groups in total. The molecule has 3 aromatic rings. The number of benzene rings is 1. The van der Waals surface area contributed by atoms with Gasteiger partial charge in [-0.1, -0.05) is 38.9 Å². The van der Waals surface area contributed by atoms with Gasteiger partial charge in [-0.2, -0.15) is 0 Å². The molecule has 4 heterocycles. The fourth-order valence-electron chi connectivity index (χ4n) is 4.32. The molecule has 0 atom stereocenters. The van der Waals surface area contributed by atoms with Gasteiger partial charge < -0.3 is 21.4 Å². The van der Waals surface area contributed by atoms with E-state index in [9.17, 15) is 4.79 Å². The number of H-pyrrole nitrogens is 1. The summed E-state index contributed by atoms with van der Waals surface area (Å²) in [5, 5.41) is 16.2. The van der Waals surface area contributed by atoms with E-state index in [1.165, 1.54) is 0 Å². The Hall–Kier alpha value is -3.11. The molecule has 0 saturated carbocycles. The Morgan fingerprint density at radius 2 is 2.03 bits per heavy atom. The van der Waals surface area contributed by atoms with Crippen molar-refractivity contribution in [3.8, 4) is 0 Å². The lowest BCUT2D eigenvalue weighted by Gasteiger charge is -2.22. The summed E-state index contributed by atoms with van der Waals surface area (Å²) < 4.78 is 4.30. The van der Waals surface area contributed by atoms with Crippen LogP contribution in [0.15, 0.2) is 58.3 Å². The molecule has 7 nitrogen and oxygen atoms in total. The maximum absolute atomic E-state index is 12.6. The van der Waals surface area contributed by atoms with E-state index in [0.29, 0.717) is 29.4 Å². The summed E-state index contributed by atoms with van der Waals surface area (Å²) in [7, 11) is 0. The molecular formula is C26H27IN6O. The number of aromatic nitrogens is 2. The average Bonchev–Trinajstić information content (AvgIpc) is 3.29. The Bertz CT molecular complexity index is 1310. The number of hydrogen-bond donors (Lipinski definition) is 5. The summed E-state index contributed by atoms with van der Waals surface area (Å²) >= 11 is -0.348. The highest BCUT2D eigenvalue weighted by molar-refractivity contribution is 14.2. The van der Waals surface area contributed by atoms with Gasteiger partial charge in [-0.3, -0.25) is 10.2 Å². The zero-order chi connectivity index (χ0) is 23.5. The number of hydrogen-bond acceptors (Lipinski definition) is 5. The molecule has 1 fully saturated rings. The number of carbonyl (C=O) groups excluding carboxylic acids is 1. The number of pyridine rings is 1. The molecule has 0 bridgehead atoms. The predicted octanol–water partition coefficient (Wildman–Crippen LogP) is 4.08. The first kappa shape index (κ1) is 22.7. The highest BCUT2D eigenvalue weighted by Crippen LogP contribution is 2.26. The van der Waals surface area contributed by atoms with E-state index in [1.54, 1.807) is 6.07 Å². The van der Waals surface area contributed by atoms with Crippen LogP contribution in [-0.2, 0) is 4.79 Å². The maximum atomic E-state index is 12.6. The molecule has 2 aliphatic heterocycles. The molecule has 34 heavy (non-hydrogen) atoms. The van der Waals surface area contributed by atoms with E-state index in [4.69, 9.17) is 16.1 Å². The summed E-state index contributed by atoms with van der Waals surface area (Å²) in [6.07, 6.45) is 4.64. The quantitative estimate of drug-likeness (QED) is 0.228. The number of nitrogens with one attached hydrogen (secondary N) is 4. The fraction of sp³-hybridized carbons (Fsp3) is 0.231. The van der Waals surface area contributed by atoms with Gasteiger partial charge in [-0.25, -0.2) is 4.98 Å². The molecule has 174 valence electrons. The van der Waals surface area contributed by atoms with Gasteiger partial charge in [0.1, 0.15) is 11.4 Å². The number of anilines is 1. The third-order valence-corrected chi connectivity index (χ3v) is 8.21. The Morgan fingerprint density at radius 1 is 1.21 bits per heavy atom. The van der Waals surface area contributed by atoms with Crippen LogP contribution in [0.2, 0.25) is 0 Å². The Morgan fingerprint density at radius 3 is 2.85 bits per heavy atom. The minimum Gasteiger partial charge on any atom is -0.397 e. The van der Waals surface area contributed by atoms with Gasteiger partial charge in [0.25, 0.3) is 0 Å². The second-order valence-electron chi connectivity index (χ2n) is 8.62. The summed E-state index contributed by atoms with van der Waals surface area (Å²) in [6.45, 7) is 1.98. The SMILES string of the molecule is N=C(c1cc2ccccc2[nH]1)c1nc(C2=CI=CC(NC(=O)CC3CCNCC3)=C2)ccc1N. The zero-order valence-electron chi connectivity index (χ0n) is 18.7. The first-order valence-corrected chi connectivity index (χ1v) is 13.9. The number of rotatable bonds is 6. The molecule has 1 aromatic carbocycles. The number of nitrogens with two attached hydrogens (primary N) is 1. The number of nitrogen functional groups attached to an aromatic ring is 1. The van der Waals surface area contributed by atoms with E-state index in [1.807, 2.05) is 42.5 Å². The Labute approximate surface area is 208 Å². The standard InChI is InChI=1S/C26H27IN6O/c28-20-5-6-22(33-26(20)25(29)23-13-17-3-1-2-4-21(17)32-23)18-12-19(15-27-14-18)31-24(34)11-16-7-9-30-10-8-16/h1-6,12-16,29-30,32H,7-11,28H2,(H,31,34). The van der Waals surface area contributed by atoms with Crippen LogP contribution in [0.5, 0.6) is 0 Å². The number of halogens is 1. The number of carbonyl (C=O) groups is 1. The molecule has 2 aliphatic rings. The molecule has 0 radical (unpaired) electrons. The monoisotopic (exact) mass is 566 g/mol. The van der Waals surface area contributed by atoms with Gasteiger partial charge in [0.05, 0.1) is 17.1 Å². The van der Waals surface area contributed by atoms with E-state index in [2.05, 4.69) is 23.7 Å². The van der Waals surface area contributed by atoms with Crippen molar-refractivity contribution >= 4 is 58.5 Å². The van der Waals surface area contributed by atoms with Crippen molar-refractivity contribution in [3.05, 3.63) is 75.4 Å². The van der Waals surface area contributed by atoms with Crippen LogP contribution in [0.25, 0.3) is 16.5 Å². The number of allylic oxidation sites excluding steroid dienone is 3. The third kappa shape index (κ3) is 5.02. The number of nitrogens with zero attached hydrogens (tertiary/aromatic N) is 1. The van der Waals surface area contributed by atoms with Gasteiger partial charge in [-0.15, -0.1) is 0 Å². The highest BCUT2D eigenvalue weighted by atomic mass is 127. The van der Waals surface area contributed by atoms with Crippen molar-refractivity contribution in [1.29, 1.82) is 5.41 Å². The molecular weight excluding hydrogens is 539 g/mol. The molecule has 0 spiro atoms. The summed E-state index contributed by atoms with van der Waals surface area (Å²) in [4.78, 5) is 20.6. The lowest BCUT2D eigenvalue weighted by Crippen LogP contribution is -2.32. The van der Waals surface area contributed by atoms with Gasteiger partial charge in [0, 0.05) is 28.6 Å². The third-order valence-electron chi connectivity index (χ3n) is 6.15. The summed E-state index contributed by atoms with van der Waals surface area (Å²) in [5.74, 6) is 0.526. The number of fused-ring (bicyclic) bond motifs is 1. The van der Waals surface area contributed by atoms with Crippen LogP contribution in [0.4, 0.5) is 5.69 Å². The maximum Gasteiger partial charge on any atom is 0.224 e. The van der Waals surface area contributed by atoms with Gasteiger partial charge in [0.15, 0.2) is 0 Å². The molecule has 0 unspecified atom stereocenters. The van der Waals surface area contributed by atoms with Crippen LogP contribution in [0.1, 0.15) is 36.3 Å². The van der Waals surface area contributed by atoms with Crippen molar-refractivity contribution in [2.45, 2.75) is 19.3 Å². The largest absolute Gasteiger partial charge is 0.397 e.